The number of urea groups is 1. The van der Waals surface area contributed by atoms with Crippen molar-refractivity contribution in [3.05, 3.63) is 79.2 Å². The zero-order chi connectivity index (χ0) is 27.2. The minimum atomic E-state index is -1.95. The average molecular weight is 553 g/mol. The summed E-state index contributed by atoms with van der Waals surface area (Å²) in [5.74, 6) is 0.0615. The van der Waals surface area contributed by atoms with E-state index in [-0.39, 0.29) is 49.8 Å². The molecule has 0 saturated carbocycles. The number of barbiturate groups is 1. The monoisotopic (exact) mass is 552 g/mol. The molecule has 1 fully saturated rings. The summed E-state index contributed by atoms with van der Waals surface area (Å²) in [6, 6.07) is 18.3. The fraction of sp³-hybridized carbons (Fsp3) is 0.179. The molecule has 3 heterocycles. The van der Waals surface area contributed by atoms with Crippen molar-refractivity contribution in [3.63, 3.8) is 0 Å². The van der Waals surface area contributed by atoms with Gasteiger partial charge in [0.05, 0.1) is 12.3 Å². The van der Waals surface area contributed by atoms with Gasteiger partial charge in [0.15, 0.2) is 0 Å². The van der Waals surface area contributed by atoms with Gasteiger partial charge in [0.2, 0.25) is 5.89 Å². The summed E-state index contributed by atoms with van der Waals surface area (Å²) >= 11 is 0. The number of carbonyl (C=O) groups is 3. The molecule has 4 aromatic rings. The Morgan fingerprint density at radius 1 is 0.875 bits per heavy atom. The summed E-state index contributed by atoms with van der Waals surface area (Å²) in [6.07, 6.45) is 3.18. The Morgan fingerprint density at radius 2 is 1.52 bits per heavy atom. The van der Waals surface area contributed by atoms with E-state index in [1.165, 1.54) is 0 Å². The smallest absolute Gasteiger partial charge is 1.00 e. The van der Waals surface area contributed by atoms with E-state index in [1.54, 1.807) is 55.8 Å². The molecular formula is C28H25N4NaO7. The van der Waals surface area contributed by atoms with Crippen LogP contribution in [0.1, 0.15) is 14.8 Å². The molecule has 11 nitrogen and oxygen atoms in total. The van der Waals surface area contributed by atoms with Gasteiger partial charge in [-0.3, -0.25) is 25.2 Å². The molecule has 200 valence electrons. The molecule has 1 saturated heterocycles. The van der Waals surface area contributed by atoms with Crippen LogP contribution in [0.3, 0.4) is 0 Å². The summed E-state index contributed by atoms with van der Waals surface area (Å²) in [5.41, 5.74) is 0.187. The van der Waals surface area contributed by atoms with Crippen LogP contribution in [0.25, 0.3) is 22.8 Å². The van der Waals surface area contributed by atoms with Crippen molar-refractivity contribution in [2.24, 2.45) is 0 Å². The minimum Gasteiger partial charge on any atom is -1.00 e. The van der Waals surface area contributed by atoms with Crippen LogP contribution in [-0.4, -0.2) is 46.6 Å². The molecule has 0 unspecified atom stereocenters. The molecule has 2 N–H and O–H groups in total. The predicted octanol–water partition coefficient (Wildman–Crippen LogP) is 1.22. The Hall–Kier alpha value is -4.03. The second-order valence-electron chi connectivity index (χ2n) is 8.46. The number of hydrogen-bond acceptors (Lipinski definition) is 9. The van der Waals surface area contributed by atoms with Crippen LogP contribution < -0.4 is 49.7 Å². The van der Waals surface area contributed by atoms with Gasteiger partial charge in [-0.2, -0.15) is 0 Å². The third kappa shape index (κ3) is 6.40. The summed E-state index contributed by atoms with van der Waals surface area (Å²) in [6.45, 7) is 2.27. The quantitative estimate of drug-likeness (QED) is 0.169. The maximum atomic E-state index is 12.6. The Kier molecular flexibility index (Phi) is 9.33. The Morgan fingerprint density at radius 3 is 2.15 bits per heavy atom. The van der Waals surface area contributed by atoms with E-state index in [4.69, 9.17) is 18.6 Å². The summed E-state index contributed by atoms with van der Waals surface area (Å²) in [7, 11) is 0. The zero-order valence-electron chi connectivity index (χ0n) is 22.9. The number of imide groups is 2. The molecule has 12 heteroatoms. The maximum absolute atomic E-state index is 12.6. The molecular weight excluding hydrogens is 527 g/mol. The first-order chi connectivity index (χ1) is 19.0. The second-order valence-corrected chi connectivity index (χ2v) is 8.46. The van der Waals surface area contributed by atoms with Crippen molar-refractivity contribution in [1.29, 1.82) is 0 Å². The van der Waals surface area contributed by atoms with E-state index in [1.807, 2.05) is 30.3 Å². The van der Waals surface area contributed by atoms with Crippen molar-refractivity contribution in [2.45, 2.75) is 18.9 Å². The first kappa shape index (κ1) is 29.0. The Balaban J connectivity index is 0.00000231. The van der Waals surface area contributed by atoms with Crippen LogP contribution in [0.5, 0.6) is 17.2 Å². The fourth-order valence-electron chi connectivity index (χ4n) is 3.89. The van der Waals surface area contributed by atoms with Crippen molar-refractivity contribution >= 4 is 17.8 Å². The van der Waals surface area contributed by atoms with Crippen LogP contribution in [0.4, 0.5) is 4.79 Å². The molecule has 2 aromatic carbocycles. The first-order valence-corrected chi connectivity index (χ1v) is 12.2. The van der Waals surface area contributed by atoms with Gasteiger partial charge in [-0.15, -0.1) is 0 Å². The average Bonchev–Trinajstić information content (AvgIpc) is 3.44. The predicted molar refractivity (Wildman–Crippen MR) is 139 cm³/mol. The number of ether oxygens (including phenoxy) is 3. The number of oxazole rings is 1. The van der Waals surface area contributed by atoms with Crippen molar-refractivity contribution in [3.8, 4) is 40.1 Å². The molecule has 0 spiro atoms. The summed E-state index contributed by atoms with van der Waals surface area (Å²) < 4.78 is 22.7. The molecule has 0 aliphatic carbocycles. The minimum absolute atomic E-state index is 0. The molecule has 0 atom stereocenters. The van der Waals surface area contributed by atoms with Crippen molar-refractivity contribution in [1.82, 2.24) is 20.6 Å². The molecule has 1 aliphatic heterocycles. The van der Waals surface area contributed by atoms with Crippen LogP contribution in [0.2, 0.25) is 0 Å². The molecule has 4 amide bonds. The third-order valence-electron chi connectivity index (χ3n) is 5.87. The van der Waals surface area contributed by atoms with Gasteiger partial charge in [0, 0.05) is 24.8 Å². The standard InChI is InChI=1S/C28H24N4O7.Na.H/c1-2-36-16-14-28(25(33)31-27(35)32-26(28)34)39-21-12-10-20(11-13-21)38-19-8-6-18(7-9-19)24-30-23(17-37-24)22-5-3-4-15-29-22;;/h3-13,15,17H,2,14,16H2,1H3,(H2,31,32,33,34,35);;/q;+1;-1. The Labute approximate surface area is 253 Å². The first-order valence-electron chi connectivity index (χ1n) is 12.2. The largest absolute Gasteiger partial charge is 1.00 e. The van der Waals surface area contributed by atoms with Crippen LogP contribution in [0, 0.1) is 0 Å². The zero-order valence-corrected chi connectivity index (χ0v) is 23.9. The number of rotatable bonds is 10. The van der Waals surface area contributed by atoms with Crippen molar-refractivity contribution < 1.29 is 64.0 Å². The summed E-state index contributed by atoms with van der Waals surface area (Å²) in [4.78, 5) is 45.6. The molecule has 0 radical (unpaired) electrons. The topological polar surface area (TPSA) is 142 Å². The molecule has 5 rings (SSSR count). The van der Waals surface area contributed by atoms with Gasteiger partial charge < -0.3 is 20.1 Å². The fourth-order valence-corrected chi connectivity index (χ4v) is 3.89. The number of hydrogen-bond donors (Lipinski definition) is 2. The molecule has 1 aliphatic rings. The number of amides is 4. The number of aromatic nitrogens is 2. The second kappa shape index (κ2) is 12.9. The van der Waals surface area contributed by atoms with Gasteiger partial charge in [-0.25, -0.2) is 9.78 Å². The molecule has 0 bridgehead atoms. The number of benzene rings is 2. The number of pyridine rings is 1. The molecule has 2 aromatic heterocycles. The number of nitrogens with zero attached hydrogens (tertiary/aromatic N) is 2. The summed E-state index contributed by atoms with van der Waals surface area (Å²) in [5, 5.41) is 4.18. The van der Waals surface area contributed by atoms with Gasteiger partial charge >= 0.3 is 35.6 Å². The van der Waals surface area contributed by atoms with E-state index in [0.29, 0.717) is 29.7 Å². The maximum Gasteiger partial charge on any atom is 1.00 e. The number of nitrogens with one attached hydrogen (secondary N) is 2. The van der Waals surface area contributed by atoms with Gasteiger partial charge in [-0.05, 0) is 67.6 Å². The third-order valence-corrected chi connectivity index (χ3v) is 5.87. The van der Waals surface area contributed by atoms with Gasteiger partial charge in [0.1, 0.15) is 29.2 Å². The van der Waals surface area contributed by atoms with E-state index in [9.17, 15) is 14.4 Å². The van der Waals surface area contributed by atoms with Gasteiger partial charge in [-0.1, -0.05) is 6.07 Å². The van der Waals surface area contributed by atoms with Crippen molar-refractivity contribution in [2.75, 3.05) is 13.2 Å². The van der Waals surface area contributed by atoms with E-state index >= 15 is 0 Å². The van der Waals surface area contributed by atoms with E-state index in [0.717, 1.165) is 11.3 Å². The van der Waals surface area contributed by atoms with E-state index in [2.05, 4.69) is 20.6 Å². The van der Waals surface area contributed by atoms with E-state index < -0.39 is 23.4 Å². The number of carbonyl (C=O) groups excluding carboxylic acids is 3. The molecule has 40 heavy (non-hydrogen) atoms. The Bertz CT molecular complexity index is 1460. The van der Waals surface area contributed by atoms with Gasteiger partial charge in [0.25, 0.3) is 17.4 Å². The normalized spacial score (nSPS) is 14.1. The van der Waals surface area contributed by atoms with Crippen LogP contribution >= 0.6 is 0 Å². The van der Waals surface area contributed by atoms with Crippen LogP contribution in [0.15, 0.2) is 83.6 Å². The van der Waals surface area contributed by atoms with Crippen LogP contribution in [-0.2, 0) is 14.3 Å². The SMILES string of the molecule is CCOCCC1(Oc2ccc(Oc3ccc(-c4nc(-c5ccccn5)co4)cc3)cc2)C(=O)NC(=O)NC1=O.[H-].[Na+].